The van der Waals surface area contributed by atoms with Gasteiger partial charge in [0.2, 0.25) is 5.95 Å². The van der Waals surface area contributed by atoms with Crippen LogP contribution in [0.4, 0.5) is 15.5 Å². The smallest absolute Gasteiger partial charge is 0.408 e. The van der Waals surface area contributed by atoms with Crippen LogP contribution in [-0.4, -0.2) is 67.6 Å². The molecular formula is C32H39N5O8. The van der Waals surface area contributed by atoms with Crippen molar-refractivity contribution in [2.75, 3.05) is 5.73 Å². The summed E-state index contributed by atoms with van der Waals surface area (Å²) in [5.74, 6) is -2.35. The van der Waals surface area contributed by atoms with Crippen LogP contribution in [0.1, 0.15) is 52.7 Å². The summed E-state index contributed by atoms with van der Waals surface area (Å²) in [6.07, 6.45) is -1.56. The monoisotopic (exact) mass is 621 g/mol. The molecule has 13 heteroatoms. The number of aliphatic carboxylic acids is 2. The number of nitrogens with two attached hydrogens (primary N) is 1. The Morgan fingerprint density at radius 3 is 1.31 bits per heavy atom. The number of nitrogens with one attached hydrogen (secondary N) is 2. The van der Waals surface area contributed by atoms with Crippen molar-refractivity contribution in [2.24, 2.45) is 0 Å². The van der Waals surface area contributed by atoms with Gasteiger partial charge in [0.1, 0.15) is 23.3 Å². The molecule has 6 N–H and O–H groups in total. The number of hydrogen-bond donors (Lipinski definition) is 5. The molecule has 0 aliphatic rings. The SMILES string of the molecule is CC(C)(C)OC(=O)N[C@@H](Cc1ccc(-c2cc(-c3ccc(C[C@H](NC(=O)OC(C)(C)C)C(=O)O)cc3)nc(N)n2)cc1)C(=O)O. The van der Waals surface area contributed by atoms with Crippen molar-refractivity contribution >= 4 is 30.1 Å². The Morgan fingerprint density at radius 2 is 1.02 bits per heavy atom. The van der Waals surface area contributed by atoms with Gasteiger partial charge in [0, 0.05) is 24.0 Å². The lowest BCUT2D eigenvalue weighted by Gasteiger charge is -2.22. The number of nitrogens with zero attached hydrogens (tertiary/aromatic N) is 2. The first kappa shape index (κ1) is 34.3. The van der Waals surface area contributed by atoms with Crippen molar-refractivity contribution in [1.29, 1.82) is 0 Å². The molecule has 1 heterocycles. The van der Waals surface area contributed by atoms with E-state index in [1.807, 2.05) is 0 Å². The zero-order chi connectivity index (χ0) is 33.5. The van der Waals surface area contributed by atoms with Crippen LogP contribution in [0.3, 0.4) is 0 Å². The molecule has 0 unspecified atom stereocenters. The van der Waals surface area contributed by atoms with Crippen molar-refractivity contribution < 1.29 is 38.9 Å². The van der Waals surface area contributed by atoms with Crippen LogP contribution >= 0.6 is 0 Å². The number of alkyl carbamates (subject to hydrolysis) is 2. The second kappa shape index (κ2) is 14.1. The Morgan fingerprint density at radius 1 is 0.689 bits per heavy atom. The summed E-state index contributed by atoms with van der Waals surface area (Å²) in [5, 5.41) is 24.0. The Hall–Kier alpha value is -5.20. The van der Waals surface area contributed by atoms with E-state index in [2.05, 4.69) is 20.6 Å². The van der Waals surface area contributed by atoms with Gasteiger partial charge in [-0.2, -0.15) is 0 Å². The molecule has 0 fully saturated rings. The number of amides is 2. The second-order valence-electron chi connectivity index (χ2n) is 12.4. The lowest BCUT2D eigenvalue weighted by atomic mass is 10.0. The fourth-order valence-electron chi connectivity index (χ4n) is 4.16. The molecule has 0 radical (unpaired) electrons. The van der Waals surface area contributed by atoms with Gasteiger partial charge in [-0.1, -0.05) is 48.5 Å². The number of hydrogen-bond acceptors (Lipinski definition) is 9. The molecule has 0 saturated heterocycles. The number of ether oxygens (including phenoxy) is 2. The predicted molar refractivity (Wildman–Crippen MR) is 166 cm³/mol. The van der Waals surface area contributed by atoms with E-state index in [9.17, 15) is 29.4 Å². The Balaban J connectivity index is 1.73. The van der Waals surface area contributed by atoms with E-state index in [1.54, 1.807) is 96.1 Å². The normalized spacial score (nSPS) is 12.8. The fraction of sp³-hybridized carbons (Fsp3) is 0.375. The summed E-state index contributed by atoms with van der Waals surface area (Å²) in [7, 11) is 0. The molecule has 3 rings (SSSR count). The standard InChI is InChI=1S/C32H39N5O8/c1-31(2,3)44-29(42)36-24(26(38)39)15-18-7-11-20(12-8-18)22-17-23(35-28(33)34-22)21-13-9-19(10-14-21)16-25(27(40)41)37-30(43)45-32(4,5)6/h7-14,17,24-25H,15-16H2,1-6H3,(H,36,42)(H,37,43)(H,38,39)(H,40,41)(H2,33,34,35)/t24-,25-/m0/s1. The van der Waals surface area contributed by atoms with Gasteiger partial charge in [0.25, 0.3) is 0 Å². The maximum atomic E-state index is 12.1. The number of nitrogen functional groups attached to an aromatic ring is 1. The molecule has 2 amide bonds. The zero-order valence-electron chi connectivity index (χ0n) is 26.1. The lowest BCUT2D eigenvalue weighted by molar-refractivity contribution is -0.140. The molecule has 0 saturated carbocycles. The Bertz CT molecular complexity index is 1420. The first-order valence-electron chi connectivity index (χ1n) is 14.2. The van der Waals surface area contributed by atoms with E-state index in [1.165, 1.54) is 0 Å². The van der Waals surface area contributed by atoms with E-state index in [0.29, 0.717) is 33.6 Å². The lowest BCUT2D eigenvalue weighted by Crippen LogP contribution is -2.44. The molecule has 2 atom stereocenters. The largest absolute Gasteiger partial charge is 0.480 e. The highest BCUT2D eigenvalue weighted by Gasteiger charge is 2.25. The predicted octanol–water partition coefficient (Wildman–Crippen LogP) is 4.43. The van der Waals surface area contributed by atoms with E-state index in [4.69, 9.17) is 15.2 Å². The number of carbonyl (C=O) groups is 4. The molecule has 240 valence electrons. The molecule has 45 heavy (non-hydrogen) atoms. The van der Waals surface area contributed by atoms with Crippen LogP contribution in [0.5, 0.6) is 0 Å². The third-order valence-electron chi connectivity index (χ3n) is 6.10. The first-order valence-corrected chi connectivity index (χ1v) is 14.2. The average molecular weight is 622 g/mol. The van der Waals surface area contributed by atoms with Crippen molar-refractivity contribution in [1.82, 2.24) is 20.6 Å². The molecule has 0 aliphatic heterocycles. The van der Waals surface area contributed by atoms with E-state index < -0.39 is 47.4 Å². The van der Waals surface area contributed by atoms with Gasteiger partial charge in [-0.25, -0.2) is 29.1 Å². The average Bonchev–Trinajstić information content (AvgIpc) is 2.90. The van der Waals surface area contributed by atoms with Gasteiger partial charge < -0.3 is 36.1 Å². The van der Waals surface area contributed by atoms with Crippen molar-refractivity contribution in [3.8, 4) is 22.5 Å². The summed E-state index contributed by atoms with van der Waals surface area (Å²) >= 11 is 0. The van der Waals surface area contributed by atoms with Crippen LogP contribution in [0.15, 0.2) is 54.6 Å². The third kappa shape index (κ3) is 11.1. The van der Waals surface area contributed by atoms with Crippen LogP contribution in [0.25, 0.3) is 22.5 Å². The summed E-state index contributed by atoms with van der Waals surface area (Å²) in [5.41, 5.74) is 8.29. The number of aromatic nitrogens is 2. The summed E-state index contributed by atoms with van der Waals surface area (Å²) in [6.45, 7) is 10.1. The van der Waals surface area contributed by atoms with Gasteiger partial charge >= 0.3 is 24.1 Å². The fourth-order valence-corrected chi connectivity index (χ4v) is 4.16. The summed E-state index contributed by atoms with van der Waals surface area (Å²) in [6, 6.07) is 13.4. The van der Waals surface area contributed by atoms with E-state index >= 15 is 0 Å². The molecular weight excluding hydrogens is 582 g/mol. The Kier molecular flexibility index (Phi) is 10.7. The number of benzene rings is 2. The third-order valence-corrected chi connectivity index (χ3v) is 6.10. The van der Waals surface area contributed by atoms with Crippen molar-refractivity contribution in [3.05, 3.63) is 65.7 Å². The van der Waals surface area contributed by atoms with Gasteiger partial charge in [0.05, 0.1) is 11.4 Å². The number of anilines is 1. The van der Waals surface area contributed by atoms with Gasteiger partial charge in [-0.05, 0) is 58.7 Å². The van der Waals surface area contributed by atoms with Gasteiger partial charge in [-0.15, -0.1) is 0 Å². The number of carbonyl (C=O) groups excluding carboxylic acids is 2. The molecule has 0 aliphatic carbocycles. The second-order valence-corrected chi connectivity index (χ2v) is 12.4. The topological polar surface area (TPSA) is 203 Å². The summed E-state index contributed by atoms with van der Waals surface area (Å²) in [4.78, 5) is 56.3. The molecule has 1 aromatic heterocycles. The van der Waals surface area contributed by atoms with Crippen molar-refractivity contribution in [3.63, 3.8) is 0 Å². The van der Waals surface area contributed by atoms with Crippen LogP contribution < -0.4 is 16.4 Å². The Labute approximate surface area is 261 Å². The highest BCUT2D eigenvalue weighted by atomic mass is 16.6. The first-order chi connectivity index (χ1) is 20.9. The van der Waals surface area contributed by atoms with E-state index in [-0.39, 0.29) is 18.8 Å². The maximum absolute atomic E-state index is 12.1. The quantitative estimate of drug-likeness (QED) is 0.214. The highest BCUT2D eigenvalue weighted by molar-refractivity contribution is 5.81. The molecule has 13 nitrogen and oxygen atoms in total. The molecule has 0 spiro atoms. The molecule has 0 bridgehead atoms. The maximum Gasteiger partial charge on any atom is 0.408 e. The number of carboxylic acids is 2. The van der Waals surface area contributed by atoms with E-state index in [0.717, 1.165) is 0 Å². The highest BCUT2D eigenvalue weighted by Crippen LogP contribution is 2.26. The minimum atomic E-state index is -1.19. The number of carboxylic acid groups (broad SMARTS) is 2. The van der Waals surface area contributed by atoms with Gasteiger partial charge in [-0.3, -0.25) is 0 Å². The number of rotatable bonds is 10. The molecule has 3 aromatic rings. The minimum Gasteiger partial charge on any atom is -0.480 e. The van der Waals surface area contributed by atoms with Crippen LogP contribution in [0.2, 0.25) is 0 Å². The molecule has 2 aromatic carbocycles. The van der Waals surface area contributed by atoms with Crippen LogP contribution in [-0.2, 0) is 31.9 Å². The van der Waals surface area contributed by atoms with Crippen molar-refractivity contribution in [2.45, 2.75) is 77.7 Å². The zero-order valence-corrected chi connectivity index (χ0v) is 26.1. The van der Waals surface area contributed by atoms with Gasteiger partial charge in [0.15, 0.2) is 0 Å². The van der Waals surface area contributed by atoms with Crippen LogP contribution in [0, 0.1) is 0 Å². The minimum absolute atomic E-state index is 0.0361. The summed E-state index contributed by atoms with van der Waals surface area (Å²) < 4.78 is 10.3.